The maximum Gasteiger partial charge on any atom is 0.416 e. The third kappa shape index (κ3) is 5.03. The smallest absolute Gasteiger partial charge is 0.314 e. The van der Waals surface area contributed by atoms with Gasteiger partial charge in [0.25, 0.3) is 0 Å². The fraction of sp³-hybridized carbons (Fsp3) is 0.647. The normalized spacial score (nSPS) is 19.7. The molecule has 4 heteroatoms. The van der Waals surface area contributed by atoms with E-state index in [0.29, 0.717) is 17.9 Å². The first kappa shape index (κ1) is 16.3. The van der Waals surface area contributed by atoms with E-state index < -0.39 is 11.7 Å². The molecule has 1 aliphatic carbocycles. The third-order valence-corrected chi connectivity index (χ3v) is 4.44. The van der Waals surface area contributed by atoms with E-state index in [4.69, 9.17) is 0 Å². The Bertz CT molecular complexity index is 455. The second-order valence-electron chi connectivity index (χ2n) is 6.84. The van der Waals surface area contributed by atoms with Gasteiger partial charge in [0, 0.05) is 6.04 Å². The molecule has 0 aliphatic heterocycles. The summed E-state index contributed by atoms with van der Waals surface area (Å²) in [6.07, 6.45) is 1.15. The lowest BCUT2D eigenvalue weighted by Crippen LogP contribution is -2.36. The number of alkyl halides is 3. The van der Waals surface area contributed by atoms with Crippen LogP contribution in [0.5, 0.6) is 0 Å². The molecule has 0 radical (unpaired) electrons. The Hall–Kier alpha value is -1.03. The molecule has 21 heavy (non-hydrogen) atoms. The molecule has 0 saturated heterocycles. The number of rotatable bonds is 4. The van der Waals surface area contributed by atoms with Crippen LogP contribution in [0.15, 0.2) is 24.3 Å². The van der Waals surface area contributed by atoms with Gasteiger partial charge in [-0.3, -0.25) is 0 Å². The van der Waals surface area contributed by atoms with E-state index in [1.54, 1.807) is 6.07 Å². The van der Waals surface area contributed by atoms with Crippen LogP contribution in [0.25, 0.3) is 0 Å². The van der Waals surface area contributed by atoms with E-state index in [2.05, 4.69) is 19.2 Å². The van der Waals surface area contributed by atoms with Crippen LogP contribution in [-0.2, 0) is 12.6 Å². The van der Waals surface area contributed by atoms with Crippen molar-refractivity contribution in [2.24, 2.45) is 5.41 Å². The molecular formula is C17H24F3N. The molecule has 0 bridgehead atoms. The summed E-state index contributed by atoms with van der Waals surface area (Å²) in [4.78, 5) is 0. The van der Waals surface area contributed by atoms with Crippen molar-refractivity contribution in [1.82, 2.24) is 5.32 Å². The largest absolute Gasteiger partial charge is 0.416 e. The quantitative estimate of drug-likeness (QED) is 0.841. The zero-order valence-electron chi connectivity index (χ0n) is 12.8. The third-order valence-electron chi connectivity index (χ3n) is 4.44. The monoisotopic (exact) mass is 299 g/mol. The van der Waals surface area contributed by atoms with Crippen molar-refractivity contribution in [3.8, 4) is 0 Å². The summed E-state index contributed by atoms with van der Waals surface area (Å²) in [6, 6.07) is 6.15. The summed E-state index contributed by atoms with van der Waals surface area (Å²) in [7, 11) is 0. The molecule has 1 nitrogen and oxygen atoms in total. The Labute approximate surface area is 124 Å². The number of hydrogen-bond donors (Lipinski definition) is 1. The van der Waals surface area contributed by atoms with Crippen molar-refractivity contribution in [2.45, 2.75) is 58.2 Å². The van der Waals surface area contributed by atoms with Gasteiger partial charge in [0.05, 0.1) is 5.56 Å². The molecule has 1 N–H and O–H groups in total. The predicted octanol–water partition coefficient (Wildman–Crippen LogP) is 4.81. The lowest BCUT2D eigenvalue weighted by molar-refractivity contribution is -0.137. The lowest BCUT2D eigenvalue weighted by atomic mass is 9.75. The Kier molecular flexibility index (Phi) is 4.97. The molecule has 1 aromatic carbocycles. The molecular weight excluding hydrogens is 275 g/mol. The fourth-order valence-corrected chi connectivity index (χ4v) is 2.93. The predicted molar refractivity (Wildman–Crippen MR) is 79.2 cm³/mol. The van der Waals surface area contributed by atoms with Gasteiger partial charge in [0.1, 0.15) is 0 Å². The Morgan fingerprint density at radius 3 is 2.48 bits per heavy atom. The second kappa shape index (κ2) is 6.39. The molecule has 0 atom stereocenters. The first-order valence-electron chi connectivity index (χ1n) is 7.66. The van der Waals surface area contributed by atoms with Crippen LogP contribution in [0.3, 0.4) is 0 Å². The van der Waals surface area contributed by atoms with Crippen LogP contribution >= 0.6 is 0 Å². The minimum Gasteiger partial charge on any atom is -0.314 e. The highest BCUT2D eigenvalue weighted by molar-refractivity contribution is 5.25. The van der Waals surface area contributed by atoms with Crippen LogP contribution in [-0.4, -0.2) is 12.6 Å². The summed E-state index contributed by atoms with van der Waals surface area (Å²) in [6.45, 7) is 5.34. The van der Waals surface area contributed by atoms with Gasteiger partial charge >= 0.3 is 6.18 Å². The van der Waals surface area contributed by atoms with Gasteiger partial charge in [-0.05, 0) is 55.7 Å². The average molecular weight is 299 g/mol. The highest BCUT2D eigenvalue weighted by Crippen LogP contribution is 2.35. The van der Waals surface area contributed by atoms with Crippen molar-refractivity contribution >= 4 is 0 Å². The second-order valence-corrected chi connectivity index (χ2v) is 6.84. The van der Waals surface area contributed by atoms with Crippen LogP contribution in [0.4, 0.5) is 13.2 Å². The minimum absolute atomic E-state index is 0.444. The van der Waals surface area contributed by atoms with Gasteiger partial charge in [-0.25, -0.2) is 0 Å². The van der Waals surface area contributed by atoms with Crippen LogP contribution in [0.2, 0.25) is 0 Å². The van der Waals surface area contributed by atoms with Crippen molar-refractivity contribution in [3.63, 3.8) is 0 Å². The summed E-state index contributed by atoms with van der Waals surface area (Å²) in [5.74, 6) is 0. The highest BCUT2D eigenvalue weighted by Gasteiger charge is 2.30. The molecule has 1 aromatic rings. The zero-order chi connectivity index (χ0) is 15.5. The molecule has 0 unspecified atom stereocenters. The van der Waals surface area contributed by atoms with Gasteiger partial charge in [0.15, 0.2) is 0 Å². The maximum absolute atomic E-state index is 12.6. The van der Waals surface area contributed by atoms with Gasteiger partial charge in [-0.1, -0.05) is 32.0 Å². The average Bonchev–Trinajstić information content (AvgIpc) is 2.40. The van der Waals surface area contributed by atoms with E-state index in [1.807, 2.05) is 0 Å². The SMILES string of the molecule is CC1(C)CCC(NCCc2cccc(C(F)(F)F)c2)CC1. The highest BCUT2D eigenvalue weighted by atomic mass is 19.4. The lowest BCUT2D eigenvalue weighted by Gasteiger charge is -2.34. The van der Waals surface area contributed by atoms with Crippen LogP contribution in [0, 0.1) is 5.41 Å². The summed E-state index contributed by atoms with van der Waals surface area (Å²) >= 11 is 0. The minimum atomic E-state index is -4.25. The summed E-state index contributed by atoms with van der Waals surface area (Å²) in [5.41, 5.74) is 0.632. The molecule has 0 amide bonds. The molecule has 1 saturated carbocycles. The molecule has 0 aromatic heterocycles. The van der Waals surface area contributed by atoms with E-state index in [0.717, 1.165) is 31.0 Å². The fourth-order valence-electron chi connectivity index (χ4n) is 2.93. The van der Waals surface area contributed by atoms with Crippen LogP contribution < -0.4 is 5.32 Å². The van der Waals surface area contributed by atoms with E-state index in [9.17, 15) is 13.2 Å². The molecule has 0 heterocycles. The van der Waals surface area contributed by atoms with Crippen LogP contribution in [0.1, 0.15) is 50.7 Å². The van der Waals surface area contributed by atoms with Gasteiger partial charge in [-0.2, -0.15) is 13.2 Å². The van der Waals surface area contributed by atoms with Gasteiger partial charge in [-0.15, -0.1) is 0 Å². The Morgan fingerprint density at radius 1 is 1.19 bits per heavy atom. The Morgan fingerprint density at radius 2 is 1.86 bits per heavy atom. The van der Waals surface area contributed by atoms with E-state index >= 15 is 0 Å². The molecule has 2 rings (SSSR count). The number of benzene rings is 1. The Balaban J connectivity index is 1.79. The molecule has 118 valence electrons. The maximum atomic E-state index is 12.6. The first-order valence-corrected chi connectivity index (χ1v) is 7.66. The van der Waals surface area contributed by atoms with E-state index in [1.165, 1.54) is 25.0 Å². The molecule has 1 fully saturated rings. The number of hydrogen-bond acceptors (Lipinski definition) is 1. The van der Waals surface area contributed by atoms with Crippen molar-refractivity contribution in [3.05, 3.63) is 35.4 Å². The zero-order valence-corrected chi connectivity index (χ0v) is 12.8. The molecule has 0 spiro atoms. The topological polar surface area (TPSA) is 12.0 Å². The summed E-state index contributed by atoms with van der Waals surface area (Å²) in [5, 5.41) is 3.48. The number of halogens is 3. The van der Waals surface area contributed by atoms with E-state index in [-0.39, 0.29) is 0 Å². The summed E-state index contributed by atoms with van der Waals surface area (Å²) < 4.78 is 37.9. The van der Waals surface area contributed by atoms with Crippen molar-refractivity contribution in [2.75, 3.05) is 6.54 Å². The molecule has 1 aliphatic rings. The van der Waals surface area contributed by atoms with Gasteiger partial charge in [0.2, 0.25) is 0 Å². The van der Waals surface area contributed by atoms with Gasteiger partial charge < -0.3 is 5.32 Å². The van der Waals surface area contributed by atoms with Crippen molar-refractivity contribution in [1.29, 1.82) is 0 Å². The number of nitrogens with one attached hydrogen (secondary N) is 1. The first-order chi connectivity index (χ1) is 9.76. The van der Waals surface area contributed by atoms with Crippen molar-refractivity contribution < 1.29 is 13.2 Å². The standard InChI is InChI=1S/C17H24F3N/c1-16(2)9-6-15(7-10-16)21-11-8-13-4-3-5-14(12-13)17(18,19)20/h3-5,12,15,21H,6-11H2,1-2H3.